The summed E-state index contributed by atoms with van der Waals surface area (Å²) < 4.78 is 16.7. The molecule has 8 heteroatoms. The quantitative estimate of drug-likeness (QED) is 0.167. The van der Waals surface area contributed by atoms with Crippen LogP contribution in [0.1, 0.15) is 11.1 Å². The number of para-hydroxylation sites is 4. The molecule has 12 rings (SSSR count). The molecule has 274 valence electrons. The molecular formula is C52H24N6O2. The fourth-order valence-electron chi connectivity index (χ4n) is 9.49. The lowest BCUT2D eigenvalue weighted by molar-refractivity contribution is 0.669. The van der Waals surface area contributed by atoms with E-state index in [0.717, 1.165) is 87.5 Å². The van der Waals surface area contributed by atoms with Crippen molar-refractivity contribution in [3.05, 3.63) is 180 Å². The minimum atomic E-state index is 0.146. The van der Waals surface area contributed by atoms with Crippen LogP contribution in [0.4, 0.5) is 11.4 Å². The maximum atomic E-state index is 11.1. The summed E-state index contributed by atoms with van der Waals surface area (Å²) in [6.45, 7) is 16.6. The summed E-state index contributed by atoms with van der Waals surface area (Å²) in [5.41, 5.74) is 9.11. The van der Waals surface area contributed by atoms with Crippen molar-refractivity contribution in [3.63, 3.8) is 0 Å². The van der Waals surface area contributed by atoms with Gasteiger partial charge in [0.2, 0.25) is 5.69 Å². The Morgan fingerprint density at radius 1 is 0.433 bits per heavy atom. The van der Waals surface area contributed by atoms with Crippen LogP contribution in [-0.4, -0.2) is 9.13 Å². The highest BCUT2D eigenvalue weighted by Crippen LogP contribution is 2.49. The topological polar surface area (TPSA) is 92.4 Å². The molecule has 0 unspecified atom stereocenters. The second-order valence-corrected chi connectivity index (χ2v) is 14.7. The number of benzene rings is 8. The largest absolute Gasteiger partial charge is 0.456 e. The van der Waals surface area contributed by atoms with Crippen LogP contribution in [-0.2, 0) is 0 Å². The molecule has 4 heterocycles. The Hall–Kier alpha value is -9.08. The Morgan fingerprint density at radius 2 is 0.950 bits per heavy atom. The van der Waals surface area contributed by atoms with Gasteiger partial charge in [0.05, 0.1) is 52.0 Å². The van der Waals surface area contributed by atoms with Gasteiger partial charge in [0.1, 0.15) is 34.5 Å². The van der Waals surface area contributed by atoms with Crippen molar-refractivity contribution < 1.29 is 8.83 Å². The number of nitrogens with zero attached hydrogens (tertiary/aromatic N) is 6. The van der Waals surface area contributed by atoms with Crippen molar-refractivity contribution in [2.45, 2.75) is 0 Å². The van der Waals surface area contributed by atoms with Gasteiger partial charge in [-0.15, -0.1) is 0 Å². The molecule has 0 atom stereocenters. The Labute approximate surface area is 340 Å². The zero-order valence-corrected chi connectivity index (χ0v) is 31.4. The third-order valence-electron chi connectivity index (χ3n) is 11.9. The molecule has 0 fully saturated rings. The number of rotatable bonds is 3. The van der Waals surface area contributed by atoms with E-state index >= 15 is 0 Å². The van der Waals surface area contributed by atoms with Crippen LogP contribution in [0.15, 0.2) is 154 Å². The maximum Gasteiger partial charge on any atom is 0.218 e. The number of hydrogen-bond acceptors (Lipinski definition) is 4. The first kappa shape index (κ1) is 33.1. The van der Waals surface area contributed by atoms with Crippen LogP contribution in [0.3, 0.4) is 0 Å². The van der Waals surface area contributed by atoms with E-state index in [0.29, 0.717) is 22.5 Å². The van der Waals surface area contributed by atoms with Crippen molar-refractivity contribution in [1.82, 2.24) is 9.13 Å². The van der Waals surface area contributed by atoms with Gasteiger partial charge in [-0.05, 0) is 60.2 Å². The zero-order valence-electron chi connectivity index (χ0n) is 31.4. The SMILES string of the molecule is [C-]#[N+]c1ccc(-c2ccc(-n3c4ccccc4c4c5c(ccc43)oc3ccccc35)c(C#N)c2C#N)c(-n2c3ccccc3c3c4c(ccc32)oc2ccccc24)c1[N+]#[C-]. The van der Waals surface area contributed by atoms with E-state index in [9.17, 15) is 10.5 Å². The number of furan rings is 2. The van der Waals surface area contributed by atoms with Gasteiger partial charge in [-0.25, -0.2) is 4.85 Å². The first-order chi connectivity index (χ1) is 29.6. The van der Waals surface area contributed by atoms with Crippen molar-refractivity contribution in [3.8, 4) is 34.6 Å². The molecule has 0 aliphatic heterocycles. The minimum absolute atomic E-state index is 0.146. The van der Waals surface area contributed by atoms with Gasteiger partial charge in [-0.3, -0.25) is 4.85 Å². The number of nitriles is 2. The predicted octanol–water partition coefficient (Wildman–Crippen LogP) is 14.2. The number of fused-ring (bicyclic) bond motifs is 14. The standard InChI is InChI=1S/C52H24N6O2/c1-55-37-21-19-30(52(51(37)56-2)58-39-16-8-4-12-32(39)48-42(58)24-26-46-50(48)34-14-6-10-18-44(34)60-46)29-20-22-40(36(28-54)35(29)27-53)57-38-15-7-3-11-31(38)47-41(57)23-25-45-49(47)33-13-5-9-17-43(33)59-45/h3-26H. The van der Waals surface area contributed by atoms with Crippen LogP contribution < -0.4 is 0 Å². The van der Waals surface area contributed by atoms with Gasteiger partial charge in [-0.1, -0.05) is 91.0 Å². The molecule has 8 aromatic carbocycles. The number of hydrogen-bond donors (Lipinski definition) is 0. The monoisotopic (exact) mass is 764 g/mol. The first-order valence-corrected chi connectivity index (χ1v) is 19.2. The average molecular weight is 765 g/mol. The van der Waals surface area contributed by atoms with Gasteiger partial charge >= 0.3 is 0 Å². The Bertz CT molecular complexity index is 4070. The lowest BCUT2D eigenvalue weighted by Crippen LogP contribution is -2.03. The van der Waals surface area contributed by atoms with E-state index < -0.39 is 0 Å². The smallest absolute Gasteiger partial charge is 0.218 e. The lowest BCUT2D eigenvalue weighted by Gasteiger charge is -2.19. The second kappa shape index (κ2) is 12.2. The van der Waals surface area contributed by atoms with Crippen LogP contribution in [0, 0.1) is 35.8 Å². The fourth-order valence-corrected chi connectivity index (χ4v) is 9.49. The molecule has 0 amide bonds. The summed E-state index contributed by atoms with van der Waals surface area (Å²) in [4.78, 5) is 7.79. The zero-order chi connectivity index (χ0) is 40.2. The highest BCUT2D eigenvalue weighted by molar-refractivity contribution is 6.29. The maximum absolute atomic E-state index is 11.1. The highest BCUT2D eigenvalue weighted by Gasteiger charge is 2.27. The van der Waals surface area contributed by atoms with Gasteiger partial charge in [0.15, 0.2) is 5.69 Å². The first-order valence-electron chi connectivity index (χ1n) is 19.2. The van der Waals surface area contributed by atoms with Crippen molar-refractivity contribution >= 4 is 98.9 Å². The molecule has 0 bridgehead atoms. The van der Waals surface area contributed by atoms with Crippen molar-refractivity contribution in [2.24, 2.45) is 0 Å². The third-order valence-corrected chi connectivity index (χ3v) is 11.9. The predicted molar refractivity (Wildman–Crippen MR) is 237 cm³/mol. The van der Waals surface area contributed by atoms with Gasteiger partial charge in [0.25, 0.3) is 0 Å². The Morgan fingerprint density at radius 3 is 1.52 bits per heavy atom. The van der Waals surface area contributed by atoms with Gasteiger partial charge in [0, 0.05) is 54.3 Å². The van der Waals surface area contributed by atoms with Gasteiger partial charge in [-0.2, -0.15) is 10.5 Å². The molecule has 12 aromatic rings. The van der Waals surface area contributed by atoms with Crippen LogP contribution in [0.25, 0.3) is 120 Å². The van der Waals surface area contributed by atoms with Crippen LogP contribution in [0.2, 0.25) is 0 Å². The molecule has 0 spiro atoms. The average Bonchev–Trinajstić information content (AvgIpc) is 4.05. The molecule has 0 N–H and O–H groups in total. The van der Waals surface area contributed by atoms with E-state index in [4.69, 9.17) is 22.0 Å². The van der Waals surface area contributed by atoms with Crippen LogP contribution >= 0.6 is 0 Å². The minimum Gasteiger partial charge on any atom is -0.456 e. The summed E-state index contributed by atoms with van der Waals surface area (Å²) in [7, 11) is 0. The van der Waals surface area contributed by atoms with Crippen LogP contribution in [0.5, 0.6) is 0 Å². The molecule has 4 aromatic heterocycles. The van der Waals surface area contributed by atoms with E-state index in [-0.39, 0.29) is 22.5 Å². The van der Waals surface area contributed by atoms with Crippen molar-refractivity contribution in [1.29, 1.82) is 10.5 Å². The molecule has 0 aliphatic rings. The molecule has 0 aliphatic carbocycles. The Balaban J connectivity index is 1.18. The van der Waals surface area contributed by atoms with E-state index in [1.165, 1.54) is 0 Å². The van der Waals surface area contributed by atoms with E-state index in [1.54, 1.807) is 12.1 Å². The third kappa shape index (κ3) is 4.23. The molecule has 8 nitrogen and oxygen atoms in total. The summed E-state index contributed by atoms with van der Waals surface area (Å²) >= 11 is 0. The second-order valence-electron chi connectivity index (χ2n) is 14.7. The summed E-state index contributed by atoms with van der Waals surface area (Å²) in [6.07, 6.45) is 0. The van der Waals surface area contributed by atoms with E-state index in [2.05, 4.69) is 44.6 Å². The molecule has 0 saturated carbocycles. The molecule has 0 saturated heterocycles. The summed E-state index contributed by atoms with van der Waals surface area (Å²) in [5, 5.41) is 29.9. The van der Waals surface area contributed by atoms with Gasteiger partial charge < -0.3 is 18.0 Å². The number of aromatic nitrogens is 2. The summed E-state index contributed by atoms with van der Waals surface area (Å²) in [6, 6.07) is 51.9. The van der Waals surface area contributed by atoms with E-state index in [1.807, 2.05) is 120 Å². The van der Waals surface area contributed by atoms with Crippen molar-refractivity contribution in [2.75, 3.05) is 0 Å². The molecule has 0 radical (unpaired) electrons. The lowest BCUT2D eigenvalue weighted by atomic mass is 9.92. The molecule has 60 heavy (non-hydrogen) atoms. The normalized spacial score (nSPS) is 11.6. The molecular weight excluding hydrogens is 741 g/mol. The highest BCUT2D eigenvalue weighted by atomic mass is 16.3. The summed E-state index contributed by atoms with van der Waals surface area (Å²) in [5.74, 6) is 0. The Kier molecular flexibility index (Phi) is 6.73. The fraction of sp³-hybridized carbons (Fsp3) is 0.